The molecule has 1 rings (SSSR count). The number of methoxy groups -OCH3 is 1. The summed E-state index contributed by atoms with van der Waals surface area (Å²) in [4.78, 5) is 14.0. The maximum Gasteiger partial charge on any atom is 0.256 e. The molecule has 0 bridgehead atoms. The Bertz CT molecular complexity index is 448. The summed E-state index contributed by atoms with van der Waals surface area (Å²) in [6.45, 7) is 2.55. The van der Waals surface area contributed by atoms with Gasteiger partial charge in [-0.05, 0) is 12.0 Å². The molecular weight excluding hydrogens is 258 g/mol. The first-order chi connectivity index (χ1) is 9.63. The van der Waals surface area contributed by atoms with Crippen LogP contribution in [0.3, 0.4) is 0 Å². The van der Waals surface area contributed by atoms with Crippen LogP contribution in [0.4, 0.5) is 0 Å². The van der Waals surface area contributed by atoms with Crippen LogP contribution in [0, 0.1) is 0 Å². The lowest BCUT2D eigenvalue weighted by Crippen LogP contribution is -2.42. The molecule has 0 aliphatic heterocycles. The lowest BCUT2D eigenvalue weighted by atomic mass is 10.1. The van der Waals surface area contributed by atoms with E-state index in [0.717, 1.165) is 12.0 Å². The normalized spacial score (nSPS) is 13.0. The molecule has 6 heteroatoms. The molecule has 0 aliphatic carbocycles. The highest BCUT2D eigenvalue weighted by Gasteiger charge is 2.25. The Morgan fingerprint density at radius 3 is 2.60 bits per heavy atom. The average Bonchev–Trinajstić information content (AvgIpc) is 2.48. The molecule has 20 heavy (non-hydrogen) atoms. The first-order valence-corrected chi connectivity index (χ1v) is 6.47. The van der Waals surface area contributed by atoms with E-state index in [1.54, 1.807) is 0 Å². The Hall–Kier alpha value is -2.08. The molecule has 6 nitrogen and oxygen atoms in total. The van der Waals surface area contributed by atoms with Crippen molar-refractivity contribution in [2.24, 2.45) is 10.9 Å². The first kappa shape index (κ1) is 16.0. The van der Waals surface area contributed by atoms with Crippen LogP contribution in [-0.4, -0.2) is 42.0 Å². The molecule has 0 heterocycles. The predicted molar refractivity (Wildman–Crippen MR) is 76.5 cm³/mol. The third-order valence-corrected chi connectivity index (χ3v) is 2.85. The number of carbonyl (C=O) groups is 1. The van der Waals surface area contributed by atoms with Crippen molar-refractivity contribution in [2.75, 3.05) is 20.2 Å². The lowest BCUT2D eigenvalue weighted by Gasteiger charge is -2.26. The quantitative estimate of drug-likeness (QED) is 0.341. The minimum atomic E-state index is -0.686. The molecular formula is C14H21N3O3. The zero-order valence-electron chi connectivity index (χ0n) is 11.8. The van der Waals surface area contributed by atoms with Gasteiger partial charge in [-0.1, -0.05) is 42.4 Å². The second-order valence-corrected chi connectivity index (χ2v) is 4.38. The number of oxime groups is 1. The molecule has 0 fully saturated rings. The Morgan fingerprint density at radius 1 is 1.45 bits per heavy atom. The SMILES string of the molecule is CCCN(CC(N)=NO)C(=O)C(OC)c1ccccc1. The maximum atomic E-state index is 12.5. The number of hydrogen-bond acceptors (Lipinski definition) is 4. The lowest BCUT2D eigenvalue weighted by molar-refractivity contribution is -0.141. The number of nitrogens with zero attached hydrogens (tertiary/aromatic N) is 2. The average molecular weight is 279 g/mol. The van der Waals surface area contributed by atoms with Crippen molar-refractivity contribution in [3.63, 3.8) is 0 Å². The standard InChI is InChI=1S/C14H21N3O3/c1-3-9-17(10-12(15)16-19)14(18)13(20-2)11-7-5-4-6-8-11/h4-8,13,19H,3,9-10H2,1-2H3,(H2,15,16). The largest absolute Gasteiger partial charge is 0.409 e. The third kappa shape index (κ3) is 4.24. The number of hydrogen-bond donors (Lipinski definition) is 2. The molecule has 0 saturated heterocycles. The van der Waals surface area contributed by atoms with Gasteiger partial charge in [-0.25, -0.2) is 0 Å². The summed E-state index contributed by atoms with van der Waals surface area (Å²) >= 11 is 0. The van der Waals surface area contributed by atoms with Crippen LogP contribution in [0.1, 0.15) is 25.0 Å². The summed E-state index contributed by atoms with van der Waals surface area (Å²) in [6.07, 6.45) is 0.0876. The maximum absolute atomic E-state index is 12.5. The number of carbonyl (C=O) groups excluding carboxylic acids is 1. The topological polar surface area (TPSA) is 88.1 Å². The van der Waals surface area contributed by atoms with Crippen molar-refractivity contribution in [1.29, 1.82) is 0 Å². The van der Waals surface area contributed by atoms with E-state index in [1.807, 2.05) is 37.3 Å². The molecule has 1 aromatic carbocycles. The molecule has 0 saturated carbocycles. The Kier molecular flexibility index (Phi) is 6.52. The van der Waals surface area contributed by atoms with E-state index in [1.165, 1.54) is 12.0 Å². The van der Waals surface area contributed by atoms with Gasteiger partial charge in [0.1, 0.15) is 0 Å². The van der Waals surface area contributed by atoms with Crippen LogP contribution in [0.2, 0.25) is 0 Å². The van der Waals surface area contributed by atoms with Crippen molar-refractivity contribution in [3.05, 3.63) is 35.9 Å². The predicted octanol–water partition coefficient (Wildman–Crippen LogP) is 1.36. The van der Waals surface area contributed by atoms with Gasteiger partial charge in [-0.2, -0.15) is 0 Å². The Labute approximate surface area is 118 Å². The van der Waals surface area contributed by atoms with Gasteiger partial charge in [0.2, 0.25) is 0 Å². The number of amides is 1. The van der Waals surface area contributed by atoms with Crippen molar-refractivity contribution in [1.82, 2.24) is 4.90 Å². The number of nitrogens with two attached hydrogens (primary N) is 1. The summed E-state index contributed by atoms with van der Waals surface area (Å²) in [5.74, 6) is -0.207. The van der Waals surface area contributed by atoms with E-state index in [0.29, 0.717) is 6.54 Å². The zero-order chi connectivity index (χ0) is 15.0. The summed E-state index contributed by atoms with van der Waals surface area (Å²) in [6, 6.07) is 9.24. The van der Waals surface area contributed by atoms with Gasteiger partial charge in [0.15, 0.2) is 11.9 Å². The van der Waals surface area contributed by atoms with Crippen molar-refractivity contribution >= 4 is 11.7 Å². The number of benzene rings is 1. The number of rotatable bonds is 7. The van der Waals surface area contributed by atoms with Gasteiger partial charge in [0.05, 0.1) is 6.54 Å². The highest BCUT2D eigenvalue weighted by atomic mass is 16.5. The Balaban J connectivity index is 2.91. The van der Waals surface area contributed by atoms with Crippen LogP contribution in [0.25, 0.3) is 0 Å². The van der Waals surface area contributed by atoms with E-state index in [2.05, 4.69) is 5.16 Å². The van der Waals surface area contributed by atoms with Crippen LogP contribution >= 0.6 is 0 Å². The fourth-order valence-corrected chi connectivity index (χ4v) is 1.94. The monoisotopic (exact) mass is 279 g/mol. The summed E-state index contributed by atoms with van der Waals surface area (Å²) in [5.41, 5.74) is 6.27. The minimum Gasteiger partial charge on any atom is -0.409 e. The van der Waals surface area contributed by atoms with Crippen LogP contribution in [-0.2, 0) is 9.53 Å². The van der Waals surface area contributed by atoms with Gasteiger partial charge in [0.25, 0.3) is 5.91 Å². The molecule has 0 spiro atoms. The fourth-order valence-electron chi connectivity index (χ4n) is 1.94. The summed E-state index contributed by atoms with van der Waals surface area (Å²) in [5, 5.41) is 11.6. The van der Waals surface area contributed by atoms with Gasteiger partial charge < -0.3 is 20.6 Å². The van der Waals surface area contributed by atoms with Crippen molar-refractivity contribution < 1.29 is 14.7 Å². The molecule has 1 amide bonds. The van der Waals surface area contributed by atoms with Crippen molar-refractivity contribution in [2.45, 2.75) is 19.4 Å². The van der Waals surface area contributed by atoms with Crippen molar-refractivity contribution in [3.8, 4) is 0 Å². The highest BCUT2D eigenvalue weighted by Crippen LogP contribution is 2.19. The minimum absolute atomic E-state index is 0.00489. The molecule has 110 valence electrons. The third-order valence-electron chi connectivity index (χ3n) is 2.85. The van der Waals surface area contributed by atoms with Gasteiger partial charge in [-0.15, -0.1) is 0 Å². The van der Waals surface area contributed by atoms with Crippen LogP contribution in [0.15, 0.2) is 35.5 Å². The van der Waals surface area contributed by atoms with E-state index in [9.17, 15) is 4.79 Å². The molecule has 1 atom stereocenters. The van der Waals surface area contributed by atoms with Crippen LogP contribution < -0.4 is 5.73 Å². The van der Waals surface area contributed by atoms with E-state index >= 15 is 0 Å². The molecule has 1 aromatic rings. The molecule has 0 aromatic heterocycles. The molecule has 0 radical (unpaired) electrons. The van der Waals surface area contributed by atoms with E-state index in [-0.39, 0.29) is 18.3 Å². The van der Waals surface area contributed by atoms with Gasteiger partial charge in [-0.3, -0.25) is 4.79 Å². The first-order valence-electron chi connectivity index (χ1n) is 6.47. The summed E-state index contributed by atoms with van der Waals surface area (Å²) < 4.78 is 5.31. The van der Waals surface area contributed by atoms with Gasteiger partial charge in [0, 0.05) is 13.7 Å². The molecule has 0 aliphatic rings. The Morgan fingerprint density at radius 2 is 2.10 bits per heavy atom. The fraction of sp³-hybridized carbons (Fsp3) is 0.429. The smallest absolute Gasteiger partial charge is 0.256 e. The zero-order valence-corrected chi connectivity index (χ0v) is 11.8. The second-order valence-electron chi connectivity index (χ2n) is 4.38. The molecule has 1 unspecified atom stereocenters. The molecule has 3 N–H and O–H groups in total. The summed E-state index contributed by atoms with van der Waals surface area (Å²) in [7, 11) is 1.49. The van der Waals surface area contributed by atoms with E-state index in [4.69, 9.17) is 15.7 Å². The second kappa shape index (κ2) is 8.16. The van der Waals surface area contributed by atoms with E-state index < -0.39 is 6.10 Å². The number of amidine groups is 1. The van der Waals surface area contributed by atoms with Gasteiger partial charge >= 0.3 is 0 Å². The number of ether oxygens (including phenoxy) is 1. The highest BCUT2D eigenvalue weighted by molar-refractivity contribution is 5.89. The van der Waals surface area contributed by atoms with Crippen LogP contribution in [0.5, 0.6) is 0 Å².